The molecule has 3 fully saturated rings. The maximum atomic E-state index is 13.4. The first-order chi connectivity index (χ1) is 28.4. The topological polar surface area (TPSA) is 137 Å². The van der Waals surface area contributed by atoms with E-state index in [2.05, 4.69) is 39.5 Å². The Hall–Kier alpha value is -2.95. The van der Waals surface area contributed by atoms with Crippen LogP contribution in [0.15, 0.2) is 36.0 Å². The van der Waals surface area contributed by atoms with Crippen molar-refractivity contribution < 1.29 is 43.3 Å². The highest BCUT2D eigenvalue weighted by atomic mass is 16.5. The molecule has 2 aliphatic heterocycles. The standard InChI is InChI=1S/C43H67NO9.3C2H6/c1-7-12-34(37(46)15-9-8-13-29(2)26-33-17-19-35(20-18-33)52-24-23-45)27-31(4)25-30(3)16-21-38-39(51-6)28-32(5)41(53-38)40(47)42(48)44-22-11-10-14-36(44)43(49)50;3*1-2/h7,23,26-27,30,32-36,38-39,41H,1,8-22,24-25,28H2,2-6H3,(H,49,50);3*1-2H3/b29-26+,31-27+;;;/t30-,32?,33?,34?,35?,36?,38?,39?,41?;;;/m1.../s1. The molecule has 1 amide bonds. The van der Waals surface area contributed by atoms with Gasteiger partial charge in [0.05, 0.1) is 18.3 Å². The Morgan fingerprint density at radius 2 is 1.58 bits per heavy atom. The number of aldehydes is 1. The Kier molecular flexibility index (Phi) is 31.1. The summed E-state index contributed by atoms with van der Waals surface area (Å²) in [6, 6.07) is -0.976. The van der Waals surface area contributed by atoms with E-state index in [9.17, 15) is 29.1 Å². The summed E-state index contributed by atoms with van der Waals surface area (Å²) >= 11 is 0. The van der Waals surface area contributed by atoms with Crippen molar-refractivity contribution in [2.45, 2.75) is 202 Å². The highest BCUT2D eigenvalue weighted by Gasteiger charge is 2.44. The van der Waals surface area contributed by atoms with Gasteiger partial charge in [-0.3, -0.25) is 14.4 Å². The van der Waals surface area contributed by atoms with Gasteiger partial charge in [0.15, 0.2) is 0 Å². The van der Waals surface area contributed by atoms with Gasteiger partial charge in [-0.2, -0.15) is 0 Å². The van der Waals surface area contributed by atoms with Crippen LogP contribution in [0.25, 0.3) is 0 Å². The molecule has 0 spiro atoms. The molecule has 0 aromatic heterocycles. The minimum Gasteiger partial charge on any atom is -0.480 e. The van der Waals surface area contributed by atoms with Gasteiger partial charge in [0.1, 0.15) is 30.8 Å². The summed E-state index contributed by atoms with van der Waals surface area (Å²) < 4.78 is 17.7. The molecule has 10 heteroatoms. The summed E-state index contributed by atoms with van der Waals surface area (Å²) in [6.45, 7) is 24.7. The number of carbonyl (C=O) groups excluding carboxylic acids is 4. The van der Waals surface area contributed by atoms with Crippen LogP contribution in [-0.4, -0.2) is 90.5 Å². The number of aliphatic carboxylic acids is 1. The zero-order valence-corrected chi connectivity index (χ0v) is 39.1. The predicted molar refractivity (Wildman–Crippen MR) is 239 cm³/mol. The smallest absolute Gasteiger partial charge is 0.326 e. The van der Waals surface area contributed by atoms with E-state index in [0.29, 0.717) is 56.8 Å². The van der Waals surface area contributed by atoms with Gasteiger partial charge in [0, 0.05) is 26.0 Å². The summed E-state index contributed by atoms with van der Waals surface area (Å²) in [7, 11) is 1.64. The number of carboxylic acids is 1. The quantitative estimate of drug-likeness (QED) is 0.0489. The number of likely N-dealkylation sites (tertiary alicyclic amines) is 1. The number of ketones is 2. The lowest BCUT2D eigenvalue weighted by Crippen LogP contribution is -2.55. The molecule has 7 atom stereocenters. The Bertz CT molecular complexity index is 1280. The van der Waals surface area contributed by atoms with Crippen LogP contribution in [0.3, 0.4) is 0 Å². The first-order valence-corrected chi connectivity index (χ1v) is 23.2. The molecule has 6 unspecified atom stereocenters. The average molecular weight is 832 g/mol. The molecule has 2 saturated heterocycles. The molecular formula is C49H85NO9. The highest BCUT2D eigenvalue weighted by molar-refractivity contribution is 6.38. The van der Waals surface area contributed by atoms with Crippen LogP contribution in [0.5, 0.6) is 0 Å². The predicted octanol–water partition coefficient (Wildman–Crippen LogP) is 10.7. The van der Waals surface area contributed by atoms with E-state index in [1.165, 1.54) is 10.5 Å². The first-order valence-electron chi connectivity index (χ1n) is 23.2. The number of allylic oxidation sites excluding steroid dienone is 5. The van der Waals surface area contributed by atoms with Crippen LogP contribution in [0.4, 0.5) is 0 Å². The summed E-state index contributed by atoms with van der Waals surface area (Å²) in [5, 5.41) is 9.63. The van der Waals surface area contributed by atoms with Gasteiger partial charge in [-0.05, 0) is 128 Å². The number of carbonyl (C=O) groups is 5. The van der Waals surface area contributed by atoms with E-state index in [1.54, 1.807) is 7.11 Å². The number of amides is 1. The molecule has 1 N–H and O–H groups in total. The van der Waals surface area contributed by atoms with Crippen molar-refractivity contribution in [3.63, 3.8) is 0 Å². The Morgan fingerprint density at radius 1 is 0.932 bits per heavy atom. The van der Waals surface area contributed by atoms with Crippen LogP contribution in [0.2, 0.25) is 0 Å². The lowest BCUT2D eigenvalue weighted by atomic mass is 9.85. The number of rotatable bonds is 22. The van der Waals surface area contributed by atoms with Crippen LogP contribution >= 0.6 is 0 Å². The fourth-order valence-corrected chi connectivity index (χ4v) is 8.52. The number of hydrogen-bond acceptors (Lipinski definition) is 8. The van der Waals surface area contributed by atoms with Crippen LogP contribution < -0.4 is 0 Å². The van der Waals surface area contributed by atoms with Crippen molar-refractivity contribution in [2.75, 3.05) is 20.3 Å². The van der Waals surface area contributed by atoms with Crippen molar-refractivity contribution >= 4 is 29.7 Å². The average Bonchev–Trinajstić information content (AvgIpc) is 3.25. The molecule has 0 radical (unpaired) electrons. The molecule has 2 heterocycles. The molecule has 3 rings (SSSR count). The van der Waals surface area contributed by atoms with Crippen molar-refractivity contribution in [3.05, 3.63) is 36.0 Å². The lowest BCUT2D eigenvalue weighted by molar-refractivity contribution is -0.177. The highest BCUT2D eigenvalue weighted by Crippen LogP contribution is 2.33. The zero-order chi connectivity index (χ0) is 44.9. The number of nitrogens with zero attached hydrogens (tertiary/aromatic N) is 1. The second-order valence-electron chi connectivity index (χ2n) is 16.0. The number of unbranched alkanes of at least 4 members (excludes halogenated alkanes) is 1. The van der Waals surface area contributed by atoms with Crippen LogP contribution in [0, 0.1) is 23.7 Å². The van der Waals surface area contributed by atoms with Gasteiger partial charge in [-0.25, -0.2) is 4.79 Å². The molecule has 0 aromatic carbocycles. The number of piperidine rings is 1. The molecular weight excluding hydrogens is 747 g/mol. The van der Waals surface area contributed by atoms with Crippen molar-refractivity contribution in [3.8, 4) is 0 Å². The summed E-state index contributed by atoms with van der Waals surface area (Å²) in [4.78, 5) is 63.5. The van der Waals surface area contributed by atoms with E-state index in [0.717, 1.165) is 69.6 Å². The minimum atomic E-state index is -1.08. The molecule has 10 nitrogen and oxygen atoms in total. The second-order valence-corrected chi connectivity index (χ2v) is 16.0. The summed E-state index contributed by atoms with van der Waals surface area (Å²) in [5.41, 5.74) is 2.55. The molecule has 340 valence electrons. The van der Waals surface area contributed by atoms with Crippen LogP contribution in [-0.2, 0) is 38.2 Å². The molecule has 1 aliphatic carbocycles. The molecule has 59 heavy (non-hydrogen) atoms. The van der Waals surface area contributed by atoms with E-state index < -0.39 is 29.8 Å². The third-order valence-electron chi connectivity index (χ3n) is 11.5. The Balaban J connectivity index is 0.00000535. The number of carboxylic acid groups (broad SMARTS) is 1. The number of methoxy groups -OCH3 is 1. The lowest BCUT2D eigenvalue weighted by Gasteiger charge is -2.40. The van der Waals surface area contributed by atoms with E-state index in [1.807, 2.05) is 54.5 Å². The fourth-order valence-electron chi connectivity index (χ4n) is 8.52. The van der Waals surface area contributed by atoms with Gasteiger partial charge in [0.2, 0.25) is 5.78 Å². The Morgan fingerprint density at radius 3 is 2.17 bits per heavy atom. The molecule has 0 aromatic rings. The van der Waals surface area contributed by atoms with Crippen molar-refractivity contribution in [2.24, 2.45) is 23.7 Å². The van der Waals surface area contributed by atoms with Crippen molar-refractivity contribution in [1.82, 2.24) is 4.90 Å². The van der Waals surface area contributed by atoms with E-state index in [-0.39, 0.29) is 49.1 Å². The normalized spacial score (nSPS) is 25.6. The number of hydrogen-bond donors (Lipinski definition) is 1. The molecule has 0 bridgehead atoms. The summed E-state index contributed by atoms with van der Waals surface area (Å²) in [5.74, 6) is -1.82. The number of ether oxygens (including phenoxy) is 3. The Labute approximate surface area is 359 Å². The van der Waals surface area contributed by atoms with E-state index >= 15 is 0 Å². The first kappa shape index (κ1) is 56.0. The number of Topliss-reactive ketones (excluding diaryl/α,β-unsaturated/α-hetero) is 2. The third-order valence-corrected chi connectivity index (χ3v) is 11.5. The minimum absolute atomic E-state index is 0.182. The van der Waals surface area contributed by atoms with Gasteiger partial charge in [-0.1, -0.05) is 84.8 Å². The molecule has 3 aliphatic rings. The summed E-state index contributed by atoms with van der Waals surface area (Å²) in [6.07, 6.45) is 18.6. The largest absolute Gasteiger partial charge is 0.480 e. The van der Waals surface area contributed by atoms with Crippen molar-refractivity contribution in [1.29, 1.82) is 0 Å². The molecule has 1 saturated carbocycles. The maximum absolute atomic E-state index is 13.4. The zero-order valence-electron chi connectivity index (χ0n) is 39.1. The fraction of sp³-hybridized carbons (Fsp3) is 0.776. The maximum Gasteiger partial charge on any atom is 0.326 e. The van der Waals surface area contributed by atoms with Gasteiger partial charge in [-0.15, -0.1) is 6.58 Å². The van der Waals surface area contributed by atoms with Gasteiger partial charge >= 0.3 is 5.97 Å². The second kappa shape index (κ2) is 32.8. The monoisotopic (exact) mass is 832 g/mol. The SMILES string of the molecule is C=CCC(/C=C(\C)C[C@H](C)CCC1OC(C(=O)C(=O)N2CCCCC2C(=O)O)C(C)CC1OC)C(=O)CCCC/C(C)=C/C1CCC(OCC=O)CC1.CC.CC.CC. The van der Waals surface area contributed by atoms with Gasteiger partial charge < -0.3 is 29.0 Å². The van der Waals surface area contributed by atoms with Crippen LogP contribution in [0.1, 0.15) is 172 Å². The van der Waals surface area contributed by atoms with Gasteiger partial charge in [0.25, 0.3) is 5.91 Å². The third kappa shape index (κ3) is 20.4. The van der Waals surface area contributed by atoms with E-state index in [4.69, 9.17) is 14.2 Å².